The van der Waals surface area contributed by atoms with Crippen molar-refractivity contribution in [1.29, 1.82) is 0 Å². The molecule has 0 aromatic heterocycles. The van der Waals surface area contributed by atoms with Crippen LogP contribution in [-0.2, 0) is 6.54 Å². The molecule has 0 unspecified atom stereocenters. The van der Waals surface area contributed by atoms with Crippen molar-refractivity contribution >= 4 is 36.1 Å². The van der Waals surface area contributed by atoms with Crippen LogP contribution in [0.25, 0.3) is 0 Å². The molecule has 3 aromatic rings. The second-order valence-electron chi connectivity index (χ2n) is 6.95. The molecule has 3 amide bonds. The number of hydrogen-bond donors (Lipinski definition) is 3. The van der Waals surface area contributed by atoms with Crippen LogP contribution in [0.4, 0.5) is 20.6 Å². The Kier molecular flexibility index (Phi) is 6.74. The Morgan fingerprint density at radius 3 is 2.23 bits per heavy atom. The molecule has 0 aliphatic rings. The lowest BCUT2D eigenvalue weighted by atomic mass is 10.1. The maximum Gasteiger partial charge on any atom is 0.332 e. The van der Waals surface area contributed by atoms with Gasteiger partial charge in [0.1, 0.15) is 5.82 Å². The van der Waals surface area contributed by atoms with Crippen molar-refractivity contribution in [2.75, 3.05) is 9.62 Å². The molecule has 0 bridgehead atoms. The van der Waals surface area contributed by atoms with Gasteiger partial charge in [0.15, 0.2) is 0 Å². The number of halogens is 1. The first-order chi connectivity index (χ1) is 14.3. The number of thiol groups is 1. The van der Waals surface area contributed by atoms with E-state index in [4.69, 9.17) is 0 Å². The van der Waals surface area contributed by atoms with E-state index in [9.17, 15) is 14.0 Å². The van der Waals surface area contributed by atoms with Crippen LogP contribution in [0, 0.1) is 19.7 Å². The summed E-state index contributed by atoms with van der Waals surface area (Å²) in [5.41, 5.74) is 4.24. The Labute approximate surface area is 180 Å². The van der Waals surface area contributed by atoms with E-state index in [0.717, 1.165) is 16.7 Å². The average Bonchev–Trinajstić information content (AvgIpc) is 2.71. The monoisotopic (exact) mass is 423 g/mol. The molecule has 3 rings (SSSR count). The summed E-state index contributed by atoms with van der Waals surface area (Å²) in [6.45, 7) is 4.40. The van der Waals surface area contributed by atoms with Gasteiger partial charge in [0.25, 0.3) is 5.91 Å². The molecule has 5 nitrogen and oxygen atoms in total. The summed E-state index contributed by atoms with van der Waals surface area (Å²) in [5.74, 6) is -1.14. The standard InChI is InChI=1S/C23H22FN3O2S/c1-15-11-16(2)13-17(12-15)14-25-23(29)27(30)19-9-7-18(8-10-19)26-22(28)20-5-3-4-6-21(20)24/h3-13,30H,14H2,1-2H3,(H,25,29)(H,26,28). The number of carbonyl (C=O) groups is 2. The zero-order valence-corrected chi connectivity index (χ0v) is 17.5. The fourth-order valence-corrected chi connectivity index (χ4v) is 3.27. The molecule has 0 aliphatic carbocycles. The van der Waals surface area contributed by atoms with Gasteiger partial charge in [0.2, 0.25) is 0 Å². The molecule has 30 heavy (non-hydrogen) atoms. The molecule has 0 saturated heterocycles. The van der Waals surface area contributed by atoms with E-state index in [0.29, 0.717) is 17.9 Å². The fraction of sp³-hybridized carbons (Fsp3) is 0.130. The van der Waals surface area contributed by atoms with Gasteiger partial charge in [0.05, 0.1) is 11.3 Å². The van der Waals surface area contributed by atoms with E-state index in [-0.39, 0.29) is 11.6 Å². The van der Waals surface area contributed by atoms with Gasteiger partial charge in [-0.1, -0.05) is 54.3 Å². The highest BCUT2D eigenvalue weighted by Crippen LogP contribution is 2.21. The molecule has 0 heterocycles. The highest BCUT2D eigenvalue weighted by Gasteiger charge is 2.14. The van der Waals surface area contributed by atoms with Gasteiger partial charge in [-0.15, -0.1) is 0 Å². The zero-order chi connectivity index (χ0) is 21.7. The topological polar surface area (TPSA) is 61.4 Å². The Hall–Kier alpha value is -3.32. The van der Waals surface area contributed by atoms with Crippen LogP contribution >= 0.6 is 12.8 Å². The number of rotatable bonds is 5. The summed E-state index contributed by atoms with van der Waals surface area (Å²) < 4.78 is 14.9. The van der Waals surface area contributed by atoms with Crippen LogP contribution in [0.2, 0.25) is 0 Å². The first-order valence-corrected chi connectivity index (χ1v) is 9.73. The molecule has 2 N–H and O–H groups in total. The highest BCUT2D eigenvalue weighted by atomic mass is 32.1. The number of benzene rings is 3. The minimum atomic E-state index is -0.589. The molecular formula is C23H22FN3O2S. The van der Waals surface area contributed by atoms with Crippen molar-refractivity contribution in [3.63, 3.8) is 0 Å². The van der Waals surface area contributed by atoms with Crippen molar-refractivity contribution in [2.24, 2.45) is 0 Å². The second-order valence-corrected chi connectivity index (χ2v) is 7.35. The van der Waals surface area contributed by atoms with Gasteiger partial charge in [-0.05, 0) is 55.8 Å². The maximum absolute atomic E-state index is 13.7. The summed E-state index contributed by atoms with van der Waals surface area (Å²) in [6.07, 6.45) is 0. The number of nitrogens with zero attached hydrogens (tertiary/aromatic N) is 1. The number of hydrogen-bond acceptors (Lipinski definition) is 3. The minimum Gasteiger partial charge on any atom is -0.333 e. The number of carbonyl (C=O) groups excluding carboxylic acids is 2. The zero-order valence-electron chi connectivity index (χ0n) is 16.6. The van der Waals surface area contributed by atoms with Gasteiger partial charge in [-0.3, -0.25) is 4.79 Å². The number of amides is 3. The summed E-state index contributed by atoms with van der Waals surface area (Å²) in [4.78, 5) is 24.6. The van der Waals surface area contributed by atoms with Crippen molar-refractivity contribution in [3.05, 3.63) is 94.8 Å². The smallest absolute Gasteiger partial charge is 0.332 e. The molecule has 154 valence electrons. The van der Waals surface area contributed by atoms with Crippen LogP contribution in [0.5, 0.6) is 0 Å². The number of urea groups is 1. The van der Waals surface area contributed by atoms with Crippen LogP contribution in [0.15, 0.2) is 66.7 Å². The lowest BCUT2D eigenvalue weighted by Crippen LogP contribution is -2.33. The van der Waals surface area contributed by atoms with Gasteiger partial charge in [-0.2, -0.15) is 0 Å². The van der Waals surface area contributed by atoms with E-state index in [1.165, 1.54) is 22.5 Å². The van der Waals surface area contributed by atoms with E-state index in [1.54, 1.807) is 30.3 Å². The largest absolute Gasteiger partial charge is 0.333 e. The van der Waals surface area contributed by atoms with Gasteiger partial charge in [-0.25, -0.2) is 13.5 Å². The fourth-order valence-electron chi connectivity index (χ4n) is 3.07. The Morgan fingerprint density at radius 1 is 0.967 bits per heavy atom. The summed E-state index contributed by atoms with van der Waals surface area (Å²) in [7, 11) is 0. The predicted molar refractivity (Wildman–Crippen MR) is 120 cm³/mol. The lowest BCUT2D eigenvalue weighted by Gasteiger charge is -2.17. The van der Waals surface area contributed by atoms with Crippen LogP contribution < -0.4 is 14.9 Å². The molecular weight excluding hydrogens is 401 g/mol. The molecule has 0 fully saturated rings. The highest BCUT2D eigenvalue weighted by molar-refractivity contribution is 7.82. The van der Waals surface area contributed by atoms with E-state index >= 15 is 0 Å². The molecule has 3 aromatic carbocycles. The number of anilines is 2. The summed E-state index contributed by atoms with van der Waals surface area (Å²) >= 11 is 4.26. The van der Waals surface area contributed by atoms with Gasteiger partial charge < -0.3 is 10.6 Å². The van der Waals surface area contributed by atoms with E-state index in [2.05, 4.69) is 29.5 Å². The quantitative estimate of drug-likeness (QED) is 0.491. The van der Waals surface area contributed by atoms with Gasteiger partial charge >= 0.3 is 6.03 Å². The molecule has 0 atom stereocenters. The van der Waals surface area contributed by atoms with Gasteiger partial charge in [0, 0.05) is 12.2 Å². The molecule has 7 heteroatoms. The van der Waals surface area contributed by atoms with Crippen LogP contribution in [0.3, 0.4) is 0 Å². The number of aryl methyl sites for hydroxylation is 2. The van der Waals surface area contributed by atoms with Crippen molar-refractivity contribution in [2.45, 2.75) is 20.4 Å². The molecule has 0 saturated carbocycles. The first-order valence-electron chi connectivity index (χ1n) is 9.33. The maximum atomic E-state index is 13.7. The number of nitrogens with one attached hydrogen (secondary N) is 2. The first kappa shape index (κ1) is 21.4. The molecule has 0 radical (unpaired) electrons. The summed E-state index contributed by atoms with van der Waals surface area (Å²) in [5, 5.41) is 5.45. The predicted octanol–water partition coefficient (Wildman–Crippen LogP) is 5.26. The molecule has 0 spiro atoms. The lowest BCUT2D eigenvalue weighted by molar-refractivity contribution is 0.102. The third-order valence-corrected chi connectivity index (χ3v) is 4.82. The molecule has 0 aliphatic heterocycles. The second kappa shape index (κ2) is 9.45. The minimum absolute atomic E-state index is 0.0387. The third-order valence-electron chi connectivity index (χ3n) is 4.41. The third kappa shape index (κ3) is 5.39. The van der Waals surface area contributed by atoms with Crippen molar-refractivity contribution < 1.29 is 14.0 Å². The van der Waals surface area contributed by atoms with E-state index < -0.39 is 11.7 Å². The Bertz CT molecular complexity index is 1050. The van der Waals surface area contributed by atoms with Crippen LogP contribution in [0.1, 0.15) is 27.0 Å². The average molecular weight is 424 g/mol. The van der Waals surface area contributed by atoms with Crippen LogP contribution in [-0.4, -0.2) is 11.9 Å². The SMILES string of the molecule is Cc1cc(C)cc(CNC(=O)N(S)c2ccc(NC(=O)c3ccccc3F)cc2)c1. The Balaban J connectivity index is 1.60. The summed E-state index contributed by atoms with van der Waals surface area (Å²) in [6, 6.07) is 18.0. The van der Waals surface area contributed by atoms with Crippen molar-refractivity contribution in [3.8, 4) is 0 Å². The van der Waals surface area contributed by atoms with Crippen molar-refractivity contribution in [1.82, 2.24) is 5.32 Å². The van der Waals surface area contributed by atoms with E-state index in [1.807, 2.05) is 26.0 Å². The Morgan fingerprint density at radius 2 is 1.60 bits per heavy atom. The normalized spacial score (nSPS) is 10.4.